The first-order valence-corrected chi connectivity index (χ1v) is 10.7. The lowest BCUT2D eigenvalue weighted by molar-refractivity contribution is 0.628. The minimum atomic E-state index is -0.271. The number of thiazole rings is 1. The van der Waals surface area contributed by atoms with Gasteiger partial charge in [-0.3, -0.25) is 9.99 Å². The average molecular weight is 444 g/mol. The van der Waals surface area contributed by atoms with Gasteiger partial charge in [0, 0.05) is 23.3 Å². The summed E-state index contributed by atoms with van der Waals surface area (Å²) in [6.07, 6.45) is 7.06. The van der Waals surface area contributed by atoms with E-state index in [1.165, 1.54) is 23.5 Å². The fourth-order valence-electron chi connectivity index (χ4n) is 3.29. The highest BCUT2D eigenvalue weighted by atomic mass is 32.1. The average Bonchev–Trinajstić information content (AvgIpc) is 3.56. The number of halogens is 1. The third-order valence-electron chi connectivity index (χ3n) is 4.83. The summed E-state index contributed by atoms with van der Waals surface area (Å²) in [5, 5.41) is 11.7. The Hall–Kier alpha value is -4.11. The second-order valence-corrected chi connectivity index (χ2v) is 7.81. The van der Waals surface area contributed by atoms with Crippen LogP contribution < -0.4 is 5.43 Å². The molecule has 32 heavy (non-hydrogen) atoms. The molecule has 0 radical (unpaired) electrons. The molecule has 2 aromatic carbocycles. The molecule has 0 bridgehead atoms. The molecule has 0 aliphatic carbocycles. The van der Waals surface area contributed by atoms with Crippen molar-refractivity contribution in [3.63, 3.8) is 0 Å². The molecule has 0 saturated carbocycles. The van der Waals surface area contributed by atoms with Gasteiger partial charge in [0.25, 0.3) is 0 Å². The number of nitrogens with zero attached hydrogens (tertiary/aromatic N) is 6. The molecular formula is C23H18FN7S. The fraction of sp³-hybridized carbons (Fsp3) is 0.0435. The summed E-state index contributed by atoms with van der Waals surface area (Å²) in [7, 11) is 0. The molecule has 3 heterocycles. The first-order valence-electron chi connectivity index (χ1n) is 9.83. The van der Waals surface area contributed by atoms with Crippen LogP contribution in [-0.2, 0) is 0 Å². The summed E-state index contributed by atoms with van der Waals surface area (Å²) in [5.74, 6) is 0.565. The van der Waals surface area contributed by atoms with E-state index in [1.54, 1.807) is 30.9 Å². The first kappa shape index (κ1) is 19.8. The Morgan fingerprint density at radius 2 is 1.91 bits per heavy atom. The summed E-state index contributed by atoms with van der Waals surface area (Å²) in [6.45, 7) is 1.94. The zero-order valence-corrected chi connectivity index (χ0v) is 17.9. The van der Waals surface area contributed by atoms with Crippen LogP contribution in [0.2, 0.25) is 0 Å². The molecule has 1 N–H and O–H groups in total. The molecule has 0 atom stereocenters. The van der Waals surface area contributed by atoms with Crippen molar-refractivity contribution in [1.82, 2.24) is 24.3 Å². The smallest absolute Gasteiger partial charge is 0.203 e. The Morgan fingerprint density at radius 3 is 2.66 bits per heavy atom. The third kappa shape index (κ3) is 3.93. The molecule has 0 unspecified atom stereocenters. The van der Waals surface area contributed by atoms with Crippen LogP contribution in [0.25, 0.3) is 22.8 Å². The molecule has 5 rings (SSSR count). The summed E-state index contributed by atoms with van der Waals surface area (Å²) >= 11 is 1.43. The molecule has 3 aromatic heterocycles. The Bertz CT molecular complexity index is 1350. The Balaban J connectivity index is 1.43. The Morgan fingerprint density at radius 1 is 1.09 bits per heavy atom. The molecular weight excluding hydrogens is 425 g/mol. The van der Waals surface area contributed by atoms with Gasteiger partial charge in [-0.15, -0.1) is 11.3 Å². The summed E-state index contributed by atoms with van der Waals surface area (Å²) < 4.78 is 16.9. The number of hydrogen-bond acceptors (Lipinski definition) is 6. The van der Waals surface area contributed by atoms with Gasteiger partial charge >= 0.3 is 0 Å². The quantitative estimate of drug-likeness (QED) is 0.294. The van der Waals surface area contributed by atoms with Crippen LogP contribution in [0.5, 0.6) is 0 Å². The summed E-state index contributed by atoms with van der Waals surface area (Å²) in [5.41, 5.74) is 7.22. The zero-order valence-electron chi connectivity index (χ0n) is 17.1. The lowest BCUT2D eigenvalue weighted by Gasteiger charge is -2.08. The van der Waals surface area contributed by atoms with Crippen molar-refractivity contribution in [2.45, 2.75) is 6.92 Å². The lowest BCUT2D eigenvalue weighted by atomic mass is 10.2. The van der Waals surface area contributed by atoms with Crippen molar-refractivity contribution in [3.05, 3.63) is 95.8 Å². The number of aromatic nitrogens is 5. The monoisotopic (exact) mass is 443 g/mol. The van der Waals surface area contributed by atoms with E-state index < -0.39 is 0 Å². The van der Waals surface area contributed by atoms with E-state index in [-0.39, 0.29) is 5.82 Å². The largest absolute Gasteiger partial charge is 0.290 e. The fourth-order valence-corrected chi connectivity index (χ4v) is 3.96. The predicted molar refractivity (Wildman–Crippen MR) is 124 cm³/mol. The van der Waals surface area contributed by atoms with Gasteiger partial charge in [-0.05, 0) is 43.3 Å². The maximum Gasteiger partial charge on any atom is 0.203 e. The maximum atomic E-state index is 13.2. The van der Waals surface area contributed by atoms with Gasteiger partial charge in [-0.2, -0.15) is 10.2 Å². The predicted octanol–water partition coefficient (Wildman–Crippen LogP) is 5.08. The minimum Gasteiger partial charge on any atom is -0.290 e. The van der Waals surface area contributed by atoms with Crippen LogP contribution in [-0.4, -0.2) is 30.5 Å². The number of aryl methyl sites for hydroxylation is 1. The highest BCUT2D eigenvalue weighted by Gasteiger charge is 2.17. The van der Waals surface area contributed by atoms with Crippen molar-refractivity contribution in [3.8, 4) is 22.8 Å². The first-order chi connectivity index (χ1) is 15.7. The second-order valence-electron chi connectivity index (χ2n) is 6.95. The Labute approximate surface area is 187 Å². The highest BCUT2D eigenvalue weighted by Crippen LogP contribution is 2.25. The highest BCUT2D eigenvalue weighted by molar-refractivity contribution is 7.14. The van der Waals surface area contributed by atoms with Crippen molar-refractivity contribution in [1.29, 1.82) is 0 Å². The van der Waals surface area contributed by atoms with Gasteiger partial charge in [0.2, 0.25) is 5.13 Å². The third-order valence-corrected chi connectivity index (χ3v) is 5.58. The van der Waals surface area contributed by atoms with Crippen molar-refractivity contribution >= 4 is 22.7 Å². The van der Waals surface area contributed by atoms with E-state index in [2.05, 4.69) is 20.5 Å². The normalized spacial score (nSPS) is 11.3. The number of nitrogens with one attached hydrogen (secondary N) is 1. The van der Waals surface area contributed by atoms with Crippen LogP contribution in [0, 0.1) is 12.7 Å². The van der Waals surface area contributed by atoms with Gasteiger partial charge < -0.3 is 0 Å². The van der Waals surface area contributed by atoms with Crippen molar-refractivity contribution in [2.24, 2.45) is 5.10 Å². The van der Waals surface area contributed by atoms with E-state index in [0.717, 1.165) is 34.0 Å². The molecule has 7 nitrogen and oxygen atoms in total. The maximum absolute atomic E-state index is 13.2. The number of imidazole rings is 1. The van der Waals surface area contributed by atoms with Crippen LogP contribution >= 0.6 is 11.3 Å². The molecule has 0 fully saturated rings. The van der Waals surface area contributed by atoms with Crippen LogP contribution in [0.4, 0.5) is 9.52 Å². The van der Waals surface area contributed by atoms with Gasteiger partial charge in [-0.1, -0.05) is 18.2 Å². The molecule has 0 amide bonds. The topological polar surface area (TPSA) is 72.9 Å². The van der Waals surface area contributed by atoms with Crippen LogP contribution in [0.15, 0.2) is 83.8 Å². The van der Waals surface area contributed by atoms with E-state index >= 15 is 0 Å². The number of rotatable bonds is 6. The van der Waals surface area contributed by atoms with Gasteiger partial charge in [0.1, 0.15) is 12.1 Å². The standard InChI is InChI=1S/C23H18FN7S/c1-16-20(13-26-28-23-27-21(14-32-23)17-7-9-18(24)10-8-17)22(30-12-11-25-15-30)31(29-16)19-5-3-2-4-6-19/h2-15H,1H3,(H,27,28)/b26-13+. The Kier molecular flexibility index (Phi) is 5.30. The number of benzene rings is 2. The molecule has 0 spiro atoms. The lowest BCUT2D eigenvalue weighted by Crippen LogP contribution is -2.06. The molecule has 0 aliphatic heterocycles. The number of anilines is 1. The molecule has 5 aromatic rings. The van der Waals surface area contributed by atoms with E-state index in [9.17, 15) is 4.39 Å². The molecule has 0 saturated heterocycles. The molecule has 158 valence electrons. The minimum absolute atomic E-state index is 0.271. The SMILES string of the molecule is Cc1nn(-c2ccccc2)c(-n2ccnc2)c1/C=N/Nc1nc(-c2ccc(F)cc2)cs1. The number of hydrogen-bond donors (Lipinski definition) is 1. The van der Waals surface area contributed by atoms with Gasteiger partial charge in [-0.25, -0.2) is 19.0 Å². The number of hydrazone groups is 1. The zero-order chi connectivity index (χ0) is 21.9. The summed E-state index contributed by atoms with van der Waals surface area (Å²) in [6, 6.07) is 16.2. The molecule has 9 heteroatoms. The van der Waals surface area contributed by atoms with E-state index in [0.29, 0.717) is 5.13 Å². The van der Waals surface area contributed by atoms with E-state index in [4.69, 9.17) is 5.10 Å². The second kappa shape index (κ2) is 8.56. The molecule has 0 aliphatic rings. The van der Waals surface area contributed by atoms with Gasteiger partial charge in [0.05, 0.1) is 28.9 Å². The van der Waals surface area contributed by atoms with Crippen LogP contribution in [0.1, 0.15) is 11.3 Å². The van der Waals surface area contributed by atoms with Crippen molar-refractivity contribution < 1.29 is 4.39 Å². The van der Waals surface area contributed by atoms with Gasteiger partial charge in [0.15, 0.2) is 5.82 Å². The van der Waals surface area contributed by atoms with Crippen LogP contribution in [0.3, 0.4) is 0 Å². The number of para-hydroxylation sites is 1. The van der Waals surface area contributed by atoms with E-state index in [1.807, 2.05) is 58.1 Å². The van der Waals surface area contributed by atoms with Crippen molar-refractivity contribution in [2.75, 3.05) is 5.43 Å². The summed E-state index contributed by atoms with van der Waals surface area (Å²) in [4.78, 5) is 8.70.